The lowest BCUT2D eigenvalue weighted by Gasteiger charge is -2.43. The summed E-state index contributed by atoms with van der Waals surface area (Å²) in [7, 11) is -1.75. The van der Waals surface area contributed by atoms with Gasteiger partial charge >= 0.3 is 0 Å². The molecule has 0 aromatic rings. The monoisotopic (exact) mass is 226 g/mol. The molecule has 0 fully saturated rings. The van der Waals surface area contributed by atoms with E-state index in [-0.39, 0.29) is 6.10 Å². The molecule has 0 aliphatic rings. The van der Waals surface area contributed by atoms with Gasteiger partial charge < -0.3 is 4.43 Å². The lowest BCUT2D eigenvalue weighted by Crippen LogP contribution is -2.49. The van der Waals surface area contributed by atoms with Crippen LogP contribution in [-0.4, -0.2) is 14.4 Å². The summed E-state index contributed by atoms with van der Waals surface area (Å²) in [6.07, 6.45) is 5.37. The van der Waals surface area contributed by atoms with Crippen molar-refractivity contribution >= 4 is 8.32 Å². The molecule has 2 heteroatoms. The molecule has 0 N–H and O–H groups in total. The Morgan fingerprint density at radius 2 is 1.20 bits per heavy atom. The van der Waals surface area contributed by atoms with Crippen LogP contribution in [0.5, 0.6) is 0 Å². The molecule has 1 atom stereocenters. The van der Waals surface area contributed by atoms with Crippen LogP contribution in [0.15, 0.2) is 0 Å². The van der Waals surface area contributed by atoms with E-state index in [1.807, 2.05) is 6.92 Å². The van der Waals surface area contributed by atoms with E-state index in [0.717, 1.165) is 0 Å². The van der Waals surface area contributed by atoms with E-state index < -0.39 is 8.32 Å². The van der Waals surface area contributed by atoms with E-state index in [1.165, 1.54) is 0 Å². The van der Waals surface area contributed by atoms with Gasteiger partial charge in [0.25, 0.3) is 0 Å². The Bertz CT molecular complexity index is 203. The zero-order valence-corrected chi connectivity index (χ0v) is 12.3. The Labute approximate surface area is 96.7 Å². The number of rotatable bonds is 5. The van der Waals surface area contributed by atoms with Crippen LogP contribution in [0, 0.1) is 12.3 Å². The van der Waals surface area contributed by atoms with E-state index >= 15 is 0 Å². The summed E-state index contributed by atoms with van der Waals surface area (Å²) in [5.74, 6) is 2.70. The van der Waals surface area contributed by atoms with Crippen LogP contribution in [0.1, 0.15) is 48.5 Å². The lowest BCUT2D eigenvalue weighted by atomic mass is 10.4. The fraction of sp³-hybridized carbons (Fsp3) is 0.846. The molecule has 88 valence electrons. The highest BCUT2D eigenvalue weighted by molar-refractivity contribution is 6.77. The van der Waals surface area contributed by atoms with Gasteiger partial charge in [0.2, 0.25) is 8.32 Å². The van der Waals surface area contributed by atoms with E-state index in [1.54, 1.807) is 0 Å². The summed E-state index contributed by atoms with van der Waals surface area (Å²) in [5.41, 5.74) is 1.81. The fourth-order valence-corrected chi connectivity index (χ4v) is 8.25. The summed E-state index contributed by atoms with van der Waals surface area (Å²) in [6, 6.07) is 0. The van der Waals surface area contributed by atoms with Gasteiger partial charge in [0.05, 0.1) is 0 Å². The molecule has 0 spiro atoms. The highest BCUT2D eigenvalue weighted by atomic mass is 28.4. The molecule has 0 rings (SSSR count). The van der Waals surface area contributed by atoms with Crippen molar-refractivity contribution in [1.82, 2.24) is 0 Å². The van der Waals surface area contributed by atoms with E-state index in [4.69, 9.17) is 10.8 Å². The third-order valence-corrected chi connectivity index (χ3v) is 9.50. The highest BCUT2D eigenvalue weighted by Crippen LogP contribution is 2.42. The second-order valence-electron chi connectivity index (χ2n) is 5.24. The quantitative estimate of drug-likeness (QED) is 0.504. The Balaban J connectivity index is 5.07. The number of terminal acetylenes is 1. The first-order valence-corrected chi connectivity index (χ1v) is 8.06. The molecule has 0 aromatic heterocycles. The molecule has 15 heavy (non-hydrogen) atoms. The van der Waals surface area contributed by atoms with E-state index in [2.05, 4.69) is 47.5 Å². The average Bonchev–Trinajstić information content (AvgIpc) is 2.11. The minimum atomic E-state index is -1.75. The fourth-order valence-electron chi connectivity index (χ4n) is 2.75. The van der Waals surface area contributed by atoms with Crippen LogP contribution in [0.2, 0.25) is 16.6 Å². The second kappa shape index (κ2) is 5.72. The van der Waals surface area contributed by atoms with Crippen LogP contribution in [0.4, 0.5) is 0 Å². The van der Waals surface area contributed by atoms with E-state index in [9.17, 15) is 0 Å². The molecule has 0 amide bonds. The molecule has 0 aliphatic heterocycles. The first kappa shape index (κ1) is 14.7. The Hall–Kier alpha value is -0.263. The van der Waals surface area contributed by atoms with Gasteiger partial charge in [0, 0.05) is 0 Å². The zero-order valence-electron chi connectivity index (χ0n) is 11.3. The summed E-state index contributed by atoms with van der Waals surface area (Å²) in [6.45, 7) is 15.6. The maximum absolute atomic E-state index is 6.27. The second-order valence-corrected chi connectivity index (χ2v) is 10.7. The van der Waals surface area contributed by atoms with Crippen molar-refractivity contribution in [3.05, 3.63) is 0 Å². The van der Waals surface area contributed by atoms with Crippen molar-refractivity contribution in [3.63, 3.8) is 0 Å². The summed E-state index contributed by atoms with van der Waals surface area (Å²) in [4.78, 5) is 0. The summed E-state index contributed by atoms with van der Waals surface area (Å²) in [5, 5.41) is 0. The zero-order chi connectivity index (χ0) is 12.2. The van der Waals surface area contributed by atoms with Gasteiger partial charge in [-0.2, -0.15) is 0 Å². The third-order valence-electron chi connectivity index (χ3n) is 3.32. The Morgan fingerprint density at radius 3 is 1.40 bits per heavy atom. The molecule has 0 aliphatic carbocycles. The number of hydrogen-bond donors (Lipinski definition) is 0. The van der Waals surface area contributed by atoms with Gasteiger partial charge in [-0.3, -0.25) is 0 Å². The first-order valence-electron chi connectivity index (χ1n) is 5.92. The van der Waals surface area contributed by atoms with Crippen molar-refractivity contribution < 1.29 is 4.43 Å². The smallest absolute Gasteiger partial charge is 0.202 e. The molecular weight excluding hydrogens is 200 g/mol. The Kier molecular flexibility index (Phi) is 5.62. The standard InChI is InChI=1S/C13H26OSi/c1-9-13(8)14-15(10(2)3,11(4)5)12(6)7/h1,10-13H,2-8H3/t13-/m0/s1. The lowest BCUT2D eigenvalue weighted by molar-refractivity contribution is 0.242. The molecule has 0 saturated heterocycles. The predicted octanol–water partition coefficient (Wildman–Crippen LogP) is 4.20. The largest absolute Gasteiger partial charge is 0.403 e. The minimum Gasteiger partial charge on any atom is -0.403 e. The molecular formula is C13H26OSi. The SMILES string of the molecule is C#C[C@H](C)O[Si](C(C)C)(C(C)C)C(C)C. The van der Waals surface area contributed by atoms with Gasteiger partial charge in [-0.05, 0) is 23.5 Å². The van der Waals surface area contributed by atoms with Crippen molar-refractivity contribution in [2.24, 2.45) is 0 Å². The third kappa shape index (κ3) is 3.09. The molecule has 0 bridgehead atoms. The van der Waals surface area contributed by atoms with Crippen LogP contribution < -0.4 is 0 Å². The van der Waals surface area contributed by atoms with Crippen molar-refractivity contribution in [2.75, 3.05) is 0 Å². The van der Waals surface area contributed by atoms with Crippen LogP contribution >= 0.6 is 0 Å². The Morgan fingerprint density at radius 1 is 0.867 bits per heavy atom. The van der Waals surface area contributed by atoms with Crippen molar-refractivity contribution in [1.29, 1.82) is 0 Å². The first-order chi connectivity index (χ1) is 6.78. The van der Waals surface area contributed by atoms with Crippen LogP contribution in [0.25, 0.3) is 0 Å². The normalized spacial score (nSPS) is 14.7. The summed E-state index contributed by atoms with van der Waals surface area (Å²) >= 11 is 0. The van der Waals surface area contributed by atoms with E-state index in [0.29, 0.717) is 16.6 Å². The van der Waals surface area contributed by atoms with Crippen molar-refractivity contribution in [2.45, 2.75) is 71.2 Å². The van der Waals surface area contributed by atoms with Crippen LogP contribution in [-0.2, 0) is 4.43 Å². The molecule has 0 heterocycles. The van der Waals surface area contributed by atoms with Gasteiger partial charge in [-0.25, -0.2) is 0 Å². The molecule has 0 aromatic carbocycles. The van der Waals surface area contributed by atoms with Crippen LogP contribution in [0.3, 0.4) is 0 Å². The van der Waals surface area contributed by atoms with Crippen molar-refractivity contribution in [3.8, 4) is 12.3 Å². The van der Waals surface area contributed by atoms with Gasteiger partial charge in [-0.1, -0.05) is 47.5 Å². The molecule has 1 nitrogen and oxygen atoms in total. The summed E-state index contributed by atoms with van der Waals surface area (Å²) < 4.78 is 6.27. The average molecular weight is 226 g/mol. The van der Waals surface area contributed by atoms with Gasteiger partial charge in [-0.15, -0.1) is 6.42 Å². The minimum absolute atomic E-state index is 0.0520. The number of hydrogen-bond acceptors (Lipinski definition) is 1. The maximum atomic E-state index is 6.27. The van der Waals surface area contributed by atoms with Gasteiger partial charge in [0.15, 0.2) is 0 Å². The molecule has 0 radical (unpaired) electrons. The topological polar surface area (TPSA) is 9.23 Å². The molecule has 0 saturated carbocycles. The van der Waals surface area contributed by atoms with Gasteiger partial charge in [0.1, 0.15) is 6.10 Å². The predicted molar refractivity (Wildman–Crippen MR) is 70.4 cm³/mol. The maximum Gasteiger partial charge on any atom is 0.202 e. The highest BCUT2D eigenvalue weighted by Gasteiger charge is 2.45. The molecule has 0 unspecified atom stereocenters.